The summed E-state index contributed by atoms with van der Waals surface area (Å²) >= 11 is 6.13. The summed E-state index contributed by atoms with van der Waals surface area (Å²) in [6.07, 6.45) is 0.913. The number of methoxy groups -OCH3 is 1. The molecule has 2 aliphatic heterocycles. The summed E-state index contributed by atoms with van der Waals surface area (Å²) in [6.45, 7) is 7.04. The van der Waals surface area contributed by atoms with Crippen molar-refractivity contribution in [3.63, 3.8) is 0 Å². The van der Waals surface area contributed by atoms with Crippen molar-refractivity contribution < 1.29 is 19.3 Å². The van der Waals surface area contributed by atoms with Crippen LogP contribution in [0.1, 0.15) is 37.4 Å². The molecule has 0 unspecified atom stereocenters. The molecule has 7 heteroatoms. The molecule has 0 radical (unpaired) electrons. The van der Waals surface area contributed by atoms with Crippen LogP contribution in [-0.4, -0.2) is 49.1 Å². The van der Waals surface area contributed by atoms with Crippen LogP contribution in [0, 0.1) is 5.92 Å². The molecular weight excluding hydrogens is 416 g/mol. The summed E-state index contributed by atoms with van der Waals surface area (Å²) in [7, 11) is 1.67. The topological polar surface area (TPSA) is 63.2 Å². The Morgan fingerprint density at radius 3 is 2.58 bits per heavy atom. The second-order valence-corrected chi connectivity index (χ2v) is 8.99. The number of nitrogens with zero attached hydrogens (tertiary/aromatic N) is 1. The van der Waals surface area contributed by atoms with Crippen molar-refractivity contribution in [3.05, 3.63) is 52.5 Å². The zero-order valence-corrected chi connectivity index (χ0v) is 19.1. The Labute approximate surface area is 189 Å². The zero-order valence-electron chi connectivity index (χ0n) is 18.4. The molecule has 1 fully saturated rings. The number of nitrogens with one attached hydrogen (secondary N) is 1. The maximum atomic E-state index is 10.2. The van der Waals surface area contributed by atoms with E-state index in [1.807, 2.05) is 24.3 Å². The highest BCUT2D eigenvalue weighted by Gasteiger charge is 2.47. The third-order valence-electron chi connectivity index (χ3n) is 6.57. The van der Waals surface area contributed by atoms with Gasteiger partial charge in [-0.2, -0.15) is 0 Å². The maximum Gasteiger partial charge on any atom is 0.231 e. The molecule has 0 amide bonds. The predicted molar refractivity (Wildman–Crippen MR) is 121 cm³/mol. The summed E-state index contributed by atoms with van der Waals surface area (Å²) in [5, 5.41) is 14.5. The number of aliphatic hydroxyl groups is 1. The van der Waals surface area contributed by atoms with Crippen molar-refractivity contribution >= 4 is 11.6 Å². The average Bonchev–Trinajstić information content (AvgIpc) is 3.35. The molecule has 168 valence electrons. The largest absolute Gasteiger partial charge is 0.496 e. The smallest absolute Gasteiger partial charge is 0.231 e. The second kappa shape index (κ2) is 9.25. The molecule has 2 aliphatic rings. The standard InChI is InChI=1S/C24H31ClN2O4/c1-4-27-23(16-5-7-19(25)8-6-16)18(11-24(27,2)14-28)13-26-12-17-9-21-22(31-15-30-21)10-20(17)29-3/h5-10,18,23,26,28H,4,11-15H2,1-3H3/t18-,23+,24+/m0/s1. The fraction of sp³-hybridized carbons (Fsp3) is 0.500. The lowest BCUT2D eigenvalue weighted by Crippen LogP contribution is -2.45. The number of halogens is 1. The second-order valence-electron chi connectivity index (χ2n) is 8.55. The van der Waals surface area contributed by atoms with Crippen LogP contribution < -0.4 is 19.5 Å². The van der Waals surface area contributed by atoms with E-state index in [-0.39, 0.29) is 25.0 Å². The highest BCUT2D eigenvalue weighted by atomic mass is 35.5. The number of likely N-dealkylation sites (N-methyl/N-ethyl adjacent to an activating group) is 1. The van der Waals surface area contributed by atoms with E-state index in [0.29, 0.717) is 12.5 Å². The first kappa shape index (κ1) is 22.2. The molecule has 0 bridgehead atoms. The van der Waals surface area contributed by atoms with Crippen molar-refractivity contribution in [1.29, 1.82) is 0 Å². The van der Waals surface area contributed by atoms with Crippen molar-refractivity contribution in [2.75, 3.05) is 33.6 Å². The normalized spacial score (nSPS) is 25.2. The molecule has 0 spiro atoms. The van der Waals surface area contributed by atoms with Crippen LogP contribution >= 0.6 is 11.6 Å². The van der Waals surface area contributed by atoms with Gasteiger partial charge in [-0.25, -0.2) is 0 Å². The molecule has 2 aromatic carbocycles. The van der Waals surface area contributed by atoms with Crippen LogP contribution in [0.5, 0.6) is 17.2 Å². The molecule has 2 heterocycles. The predicted octanol–water partition coefficient (Wildman–Crippen LogP) is 4.00. The van der Waals surface area contributed by atoms with Crippen molar-refractivity contribution in [2.45, 2.75) is 38.4 Å². The van der Waals surface area contributed by atoms with Crippen LogP contribution in [0.4, 0.5) is 0 Å². The van der Waals surface area contributed by atoms with Gasteiger partial charge in [0, 0.05) is 41.3 Å². The molecule has 1 saturated heterocycles. The third-order valence-corrected chi connectivity index (χ3v) is 6.82. The number of fused-ring (bicyclic) bond motifs is 1. The fourth-order valence-corrected chi connectivity index (χ4v) is 5.23. The van der Waals surface area contributed by atoms with Crippen molar-refractivity contribution in [3.8, 4) is 17.2 Å². The maximum absolute atomic E-state index is 10.2. The van der Waals surface area contributed by atoms with E-state index < -0.39 is 0 Å². The Bertz CT molecular complexity index is 907. The zero-order chi connectivity index (χ0) is 22.0. The number of rotatable bonds is 8. The Morgan fingerprint density at radius 1 is 1.23 bits per heavy atom. The highest BCUT2D eigenvalue weighted by Crippen LogP contribution is 2.46. The van der Waals surface area contributed by atoms with Gasteiger partial charge in [0.1, 0.15) is 5.75 Å². The van der Waals surface area contributed by atoms with E-state index in [9.17, 15) is 5.11 Å². The van der Waals surface area contributed by atoms with Crippen LogP contribution in [0.2, 0.25) is 5.02 Å². The van der Waals surface area contributed by atoms with Gasteiger partial charge in [-0.3, -0.25) is 4.90 Å². The van der Waals surface area contributed by atoms with E-state index in [0.717, 1.165) is 47.3 Å². The minimum absolute atomic E-state index is 0.136. The molecule has 6 nitrogen and oxygen atoms in total. The molecule has 0 saturated carbocycles. The number of aliphatic hydroxyl groups excluding tert-OH is 1. The van der Waals surface area contributed by atoms with E-state index in [2.05, 4.69) is 36.2 Å². The monoisotopic (exact) mass is 446 g/mol. The molecule has 3 atom stereocenters. The first-order valence-electron chi connectivity index (χ1n) is 10.8. The summed E-state index contributed by atoms with van der Waals surface area (Å²) in [5.41, 5.74) is 2.02. The van der Waals surface area contributed by atoms with Gasteiger partial charge in [0.15, 0.2) is 11.5 Å². The Kier molecular flexibility index (Phi) is 6.63. The number of benzene rings is 2. The van der Waals surface area contributed by atoms with Gasteiger partial charge in [0.25, 0.3) is 0 Å². The lowest BCUT2D eigenvalue weighted by atomic mass is 9.90. The van der Waals surface area contributed by atoms with Crippen LogP contribution in [0.3, 0.4) is 0 Å². The van der Waals surface area contributed by atoms with Crippen molar-refractivity contribution in [1.82, 2.24) is 10.2 Å². The number of hydrogen-bond acceptors (Lipinski definition) is 6. The van der Waals surface area contributed by atoms with E-state index in [1.54, 1.807) is 7.11 Å². The Morgan fingerprint density at radius 2 is 1.94 bits per heavy atom. The summed E-state index contributed by atoms with van der Waals surface area (Å²) < 4.78 is 16.5. The summed E-state index contributed by atoms with van der Waals surface area (Å²) in [4.78, 5) is 2.42. The minimum Gasteiger partial charge on any atom is -0.496 e. The van der Waals surface area contributed by atoms with Crippen LogP contribution in [0.25, 0.3) is 0 Å². The van der Waals surface area contributed by atoms with Gasteiger partial charge in [-0.1, -0.05) is 30.7 Å². The SMILES string of the molecule is CCN1[C@H](c2ccc(Cl)cc2)[C@H](CNCc2cc3c(cc2OC)OCO3)C[C@]1(C)CO. The lowest BCUT2D eigenvalue weighted by molar-refractivity contribution is 0.0579. The van der Waals surface area contributed by atoms with E-state index in [1.165, 1.54) is 5.56 Å². The first-order chi connectivity index (χ1) is 15.0. The third kappa shape index (κ3) is 4.35. The summed E-state index contributed by atoms with van der Waals surface area (Å²) in [5.74, 6) is 2.60. The molecule has 2 N–H and O–H groups in total. The molecule has 31 heavy (non-hydrogen) atoms. The molecule has 0 aromatic heterocycles. The number of hydrogen-bond donors (Lipinski definition) is 2. The highest BCUT2D eigenvalue weighted by molar-refractivity contribution is 6.30. The molecule has 0 aliphatic carbocycles. The van der Waals surface area contributed by atoms with Gasteiger partial charge in [0.05, 0.1) is 13.7 Å². The lowest BCUT2D eigenvalue weighted by Gasteiger charge is -2.37. The Balaban J connectivity index is 1.51. The fourth-order valence-electron chi connectivity index (χ4n) is 5.10. The molecular formula is C24H31ClN2O4. The first-order valence-corrected chi connectivity index (χ1v) is 11.2. The van der Waals surface area contributed by atoms with Gasteiger partial charge >= 0.3 is 0 Å². The van der Waals surface area contributed by atoms with E-state index >= 15 is 0 Å². The number of likely N-dealkylation sites (tertiary alicyclic amines) is 1. The van der Waals surface area contributed by atoms with E-state index in [4.69, 9.17) is 25.8 Å². The molecule has 4 rings (SSSR count). The summed E-state index contributed by atoms with van der Waals surface area (Å²) in [6, 6.07) is 12.2. The Hall–Kier alpha value is -1.99. The average molecular weight is 447 g/mol. The quantitative estimate of drug-likeness (QED) is 0.639. The minimum atomic E-state index is -0.248. The van der Waals surface area contributed by atoms with Gasteiger partial charge in [-0.05, 0) is 49.6 Å². The van der Waals surface area contributed by atoms with Crippen molar-refractivity contribution in [2.24, 2.45) is 5.92 Å². The molecule has 2 aromatic rings. The van der Waals surface area contributed by atoms with Gasteiger partial charge < -0.3 is 24.6 Å². The van der Waals surface area contributed by atoms with Gasteiger partial charge in [0.2, 0.25) is 6.79 Å². The number of ether oxygens (including phenoxy) is 3. The van der Waals surface area contributed by atoms with Gasteiger partial charge in [-0.15, -0.1) is 0 Å². The van der Waals surface area contributed by atoms with Crippen LogP contribution in [0.15, 0.2) is 36.4 Å². The van der Waals surface area contributed by atoms with Crippen LogP contribution in [-0.2, 0) is 6.54 Å².